The lowest BCUT2D eigenvalue weighted by Gasteiger charge is -2.05. The molecule has 0 saturated carbocycles. The molecule has 0 fully saturated rings. The molecule has 5 nitrogen and oxygen atoms in total. The Labute approximate surface area is 104 Å². The molecule has 0 amide bonds. The van der Waals surface area contributed by atoms with Gasteiger partial charge < -0.3 is 14.3 Å². The summed E-state index contributed by atoms with van der Waals surface area (Å²) in [6, 6.07) is 4.54. The smallest absolute Gasteiger partial charge is 0.351 e. The number of carboxylic acids is 1. The first kappa shape index (κ1) is 11.7. The van der Waals surface area contributed by atoms with Gasteiger partial charge in [0.05, 0.1) is 7.11 Å². The average Bonchev–Trinajstić information content (AvgIpc) is 2.27. The number of benzene rings is 1. The maximum atomic E-state index is 11.4. The lowest BCUT2D eigenvalue weighted by Crippen LogP contribution is -2.13. The number of aromatic carboxylic acids is 1. The Morgan fingerprint density at radius 1 is 1.41 bits per heavy atom. The molecular formula is C11H7BrO5. The lowest BCUT2D eigenvalue weighted by atomic mass is 10.2. The molecule has 0 radical (unpaired) electrons. The molecule has 0 atom stereocenters. The number of fused-ring (bicyclic) bond motifs is 1. The van der Waals surface area contributed by atoms with Crippen LogP contribution in [0.1, 0.15) is 10.4 Å². The van der Waals surface area contributed by atoms with Gasteiger partial charge in [0.2, 0.25) is 0 Å². The van der Waals surface area contributed by atoms with Crippen molar-refractivity contribution in [3.63, 3.8) is 0 Å². The van der Waals surface area contributed by atoms with E-state index in [-0.39, 0.29) is 5.58 Å². The van der Waals surface area contributed by atoms with Gasteiger partial charge in [-0.2, -0.15) is 0 Å². The molecule has 0 aliphatic carbocycles. The van der Waals surface area contributed by atoms with Crippen molar-refractivity contribution in [2.45, 2.75) is 0 Å². The molecule has 6 heteroatoms. The van der Waals surface area contributed by atoms with Crippen molar-refractivity contribution >= 4 is 32.9 Å². The van der Waals surface area contributed by atoms with Crippen LogP contribution in [0.4, 0.5) is 0 Å². The minimum atomic E-state index is -1.32. The number of hydrogen-bond donors (Lipinski definition) is 1. The number of ether oxygens (including phenoxy) is 1. The molecule has 88 valence electrons. The van der Waals surface area contributed by atoms with Crippen molar-refractivity contribution in [1.29, 1.82) is 0 Å². The zero-order valence-electron chi connectivity index (χ0n) is 8.69. The standard InChI is InChI=1S/C11H7BrO5/c1-16-8-4-6(12)2-5-3-7(10(13)14)11(15)17-9(5)8/h2-4H,1H3,(H,13,14). The van der Waals surface area contributed by atoms with Crippen LogP contribution in [0.5, 0.6) is 5.75 Å². The number of methoxy groups -OCH3 is 1. The third-order valence-electron chi connectivity index (χ3n) is 2.21. The molecule has 0 bridgehead atoms. The van der Waals surface area contributed by atoms with E-state index < -0.39 is 17.2 Å². The van der Waals surface area contributed by atoms with Crippen molar-refractivity contribution in [3.05, 3.63) is 38.7 Å². The molecule has 1 aromatic heterocycles. The fourth-order valence-electron chi connectivity index (χ4n) is 1.47. The first-order chi connectivity index (χ1) is 8.02. The van der Waals surface area contributed by atoms with Crippen LogP contribution < -0.4 is 10.4 Å². The van der Waals surface area contributed by atoms with Crippen LogP contribution in [0.15, 0.2) is 31.9 Å². The summed E-state index contributed by atoms with van der Waals surface area (Å²) in [5, 5.41) is 9.30. The summed E-state index contributed by atoms with van der Waals surface area (Å²) in [5.74, 6) is -0.956. The SMILES string of the molecule is COc1cc(Br)cc2cc(C(=O)O)c(=O)oc12. The topological polar surface area (TPSA) is 76.7 Å². The van der Waals surface area contributed by atoms with Gasteiger partial charge in [0.15, 0.2) is 11.3 Å². The molecule has 17 heavy (non-hydrogen) atoms. The van der Waals surface area contributed by atoms with Gasteiger partial charge in [-0.1, -0.05) is 15.9 Å². The molecule has 0 aliphatic heterocycles. The van der Waals surface area contributed by atoms with E-state index in [1.54, 1.807) is 12.1 Å². The van der Waals surface area contributed by atoms with E-state index in [2.05, 4.69) is 15.9 Å². The number of carboxylic acid groups (broad SMARTS) is 1. The van der Waals surface area contributed by atoms with Crippen LogP contribution in [0.25, 0.3) is 11.0 Å². The van der Waals surface area contributed by atoms with Crippen molar-refractivity contribution in [3.8, 4) is 5.75 Å². The van der Waals surface area contributed by atoms with Gasteiger partial charge in [-0.3, -0.25) is 0 Å². The van der Waals surface area contributed by atoms with Gasteiger partial charge in [-0.25, -0.2) is 9.59 Å². The number of hydrogen-bond acceptors (Lipinski definition) is 4. The maximum Gasteiger partial charge on any atom is 0.351 e. The third kappa shape index (κ3) is 2.03. The molecule has 1 heterocycles. The summed E-state index contributed by atoms with van der Waals surface area (Å²) in [6.45, 7) is 0. The summed E-state index contributed by atoms with van der Waals surface area (Å²) in [5.41, 5.74) is -1.08. The number of carbonyl (C=O) groups is 1. The summed E-state index contributed by atoms with van der Waals surface area (Å²) >= 11 is 3.26. The summed E-state index contributed by atoms with van der Waals surface area (Å²) in [6.07, 6.45) is 0. The third-order valence-corrected chi connectivity index (χ3v) is 2.67. The normalized spacial score (nSPS) is 10.5. The molecule has 0 aliphatic rings. The van der Waals surface area contributed by atoms with Gasteiger partial charge in [-0.15, -0.1) is 0 Å². The van der Waals surface area contributed by atoms with Crippen LogP contribution in [0.2, 0.25) is 0 Å². The van der Waals surface area contributed by atoms with E-state index >= 15 is 0 Å². The summed E-state index contributed by atoms with van der Waals surface area (Å²) in [7, 11) is 1.44. The predicted molar refractivity (Wildman–Crippen MR) is 63.7 cm³/mol. The highest BCUT2D eigenvalue weighted by molar-refractivity contribution is 9.10. The number of halogens is 1. The molecule has 1 aromatic carbocycles. The Kier molecular flexibility index (Phi) is 2.89. The van der Waals surface area contributed by atoms with Crippen LogP contribution in [-0.4, -0.2) is 18.2 Å². The molecule has 0 unspecified atom stereocenters. The molecule has 2 aromatic rings. The lowest BCUT2D eigenvalue weighted by molar-refractivity contribution is 0.0692. The van der Waals surface area contributed by atoms with Gasteiger partial charge in [0.1, 0.15) is 5.56 Å². The van der Waals surface area contributed by atoms with Gasteiger partial charge in [0.25, 0.3) is 0 Å². The van der Waals surface area contributed by atoms with Crippen molar-refractivity contribution in [2.24, 2.45) is 0 Å². The monoisotopic (exact) mass is 298 g/mol. The summed E-state index contributed by atoms with van der Waals surface area (Å²) in [4.78, 5) is 22.2. The molecule has 0 saturated heterocycles. The van der Waals surface area contributed by atoms with Crippen molar-refractivity contribution < 1.29 is 19.1 Å². The Bertz CT molecular complexity index is 659. The van der Waals surface area contributed by atoms with E-state index in [1.165, 1.54) is 13.2 Å². The van der Waals surface area contributed by atoms with E-state index in [9.17, 15) is 9.59 Å². The van der Waals surface area contributed by atoms with Gasteiger partial charge >= 0.3 is 11.6 Å². The molecule has 0 spiro atoms. The Morgan fingerprint density at radius 3 is 2.71 bits per heavy atom. The van der Waals surface area contributed by atoms with Crippen molar-refractivity contribution in [1.82, 2.24) is 0 Å². The van der Waals surface area contributed by atoms with E-state index in [0.717, 1.165) is 0 Å². The Morgan fingerprint density at radius 2 is 2.12 bits per heavy atom. The van der Waals surface area contributed by atoms with Gasteiger partial charge in [0, 0.05) is 9.86 Å². The van der Waals surface area contributed by atoms with Crippen LogP contribution in [0, 0.1) is 0 Å². The molecule has 1 N–H and O–H groups in total. The number of rotatable bonds is 2. The maximum absolute atomic E-state index is 11.4. The first-order valence-corrected chi connectivity index (χ1v) is 5.37. The Hall–Kier alpha value is -1.82. The minimum absolute atomic E-state index is 0.228. The quantitative estimate of drug-likeness (QED) is 0.861. The highest BCUT2D eigenvalue weighted by atomic mass is 79.9. The van der Waals surface area contributed by atoms with E-state index in [0.29, 0.717) is 15.6 Å². The zero-order valence-corrected chi connectivity index (χ0v) is 10.3. The second-order valence-corrected chi connectivity index (χ2v) is 4.19. The average molecular weight is 299 g/mol. The van der Waals surface area contributed by atoms with Gasteiger partial charge in [-0.05, 0) is 18.2 Å². The predicted octanol–water partition coefficient (Wildman–Crippen LogP) is 2.26. The highest BCUT2D eigenvalue weighted by Crippen LogP contribution is 2.29. The minimum Gasteiger partial charge on any atom is -0.493 e. The van der Waals surface area contributed by atoms with E-state index in [4.69, 9.17) is 14.3 Å². The second-order valence-electron chi connectivity index (χ2n) is 3.28. The largest absolute Gasteiger partial charge is 0.493 e. The molecule has 2 rings (SSSR count). The Balaban J connectivity index is 2.87. The molecular weight excluding hydrogens is 292 g/mol. The van der Waals surface area contributed by atoms with Crippen LogP contribution in [-0.2, 0) is 0 Å². The fourth-order valence-corrected chi connectivity index (χ4v) is 1.92. The van der Waals surface area contributed by atoms with E-state index in [1.807, 2.05) is 0 Å². The fraction of sp³-hybridized carbons (Fsp3) is 0.0909. The second kappa shape index (κ2) is 4.21. The highest BCUT2D eigenvalue weighted by Gasteiger charge is 2.14. The van der Waals surface area contributed by atoms with Crippen molar-refractivity contribution in [2.75, 3.05) is 7.11 Å². The van der Waals surface area contributed by atoms with Crippen LogP contribution in [0.3, 0.4) is 0 Å². The first-order valence-electron chi connectivity index (χ1n) is 4.57. The summed E-state index contributed by atoms with van der Waals surface area (Å²) < 4.78 is 10.7. The zero-order chi connectivity index (χ0) is 12.6. The van der Waals surface area contributed by atoms with Crippen LogP contribution >= 0.6 is 15.9 Å².